The third kappa shape index (κ3) is 1.98. The lowest BCUT2D eigenvalue weighted by Crippen LogP contribution is -2.50. The van der Waals surface area contributed by atoms with Crippen molar-refractivity contribution >= 4 is 28.7 Å². The van der Waals surface area contributed by atoms with Crippen molar-refractivity contribution in [2.24, 2.45) is 4.99 Å². The summed E-state index contributed by atoms with van der Waals surface area (Å²) in [6.07, 6.45) is -1.99. The second-order valence-corrected chi connectivity index (χ2v) is 6.29. The molecule has 3 N–H and O–H groups in total. The molecule has 0 aromatic heterocycles. The zero-order valence-corrected chi connectivity index (χ0v) is 9.76. The average Bonchev–Trinajstić information content (AvgIpc) is 2.66. The van der Waals surface area contributed by atoms with Gasteiger partial charge in [-0.1, -0.05) is 11.8 Å². The molecule has 2 aliphatic heterocycles. The largest absolute Gasteiger partial charge is 0.389 e. The number of amidine groups is 1. The number of rotatable bonds is 1. The van der Waals surface area contributed by atoms with E-state index in [1.54, 1.807) is 7.05 Å². The first kappa shape index (κ1) is 11.5. The number of fused-ring (bicyclic) bond motifs is 1. The fraction of sp³-hybridized carbons (Fsp3) is 0.875. The molecule has 4 nitrogen and oxygen atoms in total. The Morgan fingerprint density at radius 3 is 2.80 bits per heavy atom. The highest BCUT2D eigenvalue weighted by molar-refractivity contribution is 8.25. The Hall–Kier alpha value is 0.0200. The quantitative estimate of drug-likeness (QED) is 0.604. The summed E-state index contributed by atoms with van der Waals surface area (Å²) in [5.74, 6) is 0. The lowest BCUT2D eigenvalue weighted by Gasteiger charge is -2.36. The topological polar surface area (TPSA) is 64.9 Å². The molecule has 0 spiro atoms. The molecule has 0 amide bonds. The van der Waals surface area contributed by atoms with Gasteiger partial charge in [-0.25, -0.2) is 4.39 Å². The van der Waals surface area contributed by atoms with Crippen LogP contribution >= 0.6 is 23.5 Å². The number of hydrogen-bond donors (Lipinski definition) is 3. The Morgan fingerprint density at radius 2 is 2.20 bits per heavy atom. The van der Waals surface area contributed by atoms with Gasteiger partial charge in [0.1, 0.15) is 18.8 Å². The molecule has 0 aromatic carbocycles. The molecule has 2 aliphatic rings. The summed E-state index contributed by atoms with van der Waals surface area (Å²) in [4.78, 5) is 4.24. The third-order valence-electron chi connectivity index (χ3n) is 2.53. The van der Waals surface area contributed by atoms with E-state index in [1.807, 2.05) is 0 Å². The minimum atomic E-state index is -1.03. The van der Waals surface area contributed by atoms with E-state index in [1.165, 1.54) is 23.5 Å². The van der Waals surface area contributed by atoms with Crippen molar-refractivity contribution < 1.29 is 14.6 Å². The molecule has 0 aromatic rings. The van der Waals surface area contributed by atoms with E-state index < -0.39 is 24.1 Å². The van der Waals surface area contributed by atoms with Crippen molar-refractivity contribution in [1.82, 2.24) is 5.32 Å². The van der Waals surface area contributed by atoms with Gasteiger partial charge in [0.15, 0.2) is 5.17 Å². The number of aliphatic imine (C=N–C) groups is 1. The summed E-state index contributed by atoms with van der Waals surface area (Å²) in [5, 5.41) is 22.5. The van der Waals surface area contributed by atoms with Crippen molar-refractivity contribution in [3.05, 3.63) is 0 Å². The molecule has 0 aliphatic carbocycles. The van der Waals surface area contributed by atoms with E-state index in [0.29, 0.717) is 0 Å². The fourth-order valence-corrected chi connectivity index (χ4v) is 4.61. The third-order valence-corrected chi connectivity index (χ3v) is 5.50. The Balaban J connectivity index is 2.12. The number of thioether (sulfide) groups is 2. The van der Waals surface area contributed by atoms with Crippen LogP contribution in [0.2, 0.25) is 0 Å². The summed E-state index contributed by atoms with van der Waals surface area (Å²) >= 11 is 2.84. The number of alkyl halides is 1. The highest BCUT2D eigenvalue weighted by Crippen LogP contribution is 2.44. The molecular formula is C8H13FN2O2S2. The van der Waals surface area contributed by atoms with E-state index >= 15 is 0 Å². The number of nitrogens with one attached hydrogen (secondary N) is 1. The second-order valence-electron chi connectivity index (χ2n) is 3.47. The van der Waals surface area contributed by atoms with Crippen molar-refractivity contribution in [2.45, 2.75) is 28.1 Å². The van der Waals surface area contributed by atoms with Gasteiger partial charge in [0, 0.05) is 7.05 Å². The van der Waals surface area contributed by atoms with Crippen LogP contribution in [0.1, 0.15) is 0 Å². The van der Waals surface area contributed by atoms with Crippen LogP contribution < -0.4 is 5.32 Å². The van der Waals surface area contributed by atoms with E-state index in [4.69, 9.17) is 0 Å². The highest BCUT2D eigenvalue weighted by atomic mass is 32.2. The van der Waals surface area contributed by atoms with Gasteiger partial charge in [-0.15, -0.1) is 11.8 Å². The predicted molar refractivity (Wildman–Crippen MR) is 61.0 cm³/mol. The van der Waals surface area contributed by atoms with E-state index in [2.05, 4.69) is 10.3 Å². The van der Waals surface area contributed by atoms with Crippen LogP contribution in [0.5, 0.6) is 0 Å². The van der Waals surface area contributed by atoms with Crippen LogP contribution in [0.3, 0.4) is 0 Å². The number of hydrogen-bond acceptors (Lipinski definition) is 6. The Bertz CT molecular complexity index is 279. The Labute approximate surface area is 95.7 Å². The average molecular weight is 252 g/mol. The van der Waals surface area contributed by atoms with Crippen LogP contribution in [0.25, 0.3) is 0 Å². The lowest BCUT2D eigenvalue weighted by molar-refractivity contribution is -0.000590. The summed E-state index contributed by atoms with van der Waals surface area (Å²) in [6.45, 7) is -0.623. The molecule has 5 atom stereocenters. The van der Waals surface area contributed by atoms with Crippen LogP contribution in [-0.2, 0) is 0 Å². The number of aliphatic hydroxyl groups is 2. The van der Waals surface area contributed by atoms with Gasteiger partial charge in [-0.2, -0.15) is 0 Å². The molecule has 0 unspecified atom stereocenters. The zero-order chi connectivity index (χ0) is 11.0. The first-order chi connectivity index (χ1) is 7.17. The first-order valence-electron chi connectivity index (χ1n) is 4.67. The van der Waals surface area contributed by atoms with Crippen LogP contribution in [0, 0.1) is 0 Å². The van der Waals surface area contributed by atoms with Crippen molar-refractivity contribution in [3.63, 3.8) is 0 Å². The lowest BCUT2D eigenvalue weighted by atomic mass is 10.0. The number of nitrogens with zero attached hydrogens (tertiary/aromatic N) is 1. The molecule has 2 heterocycles. The molecular weight excluding hydrogens is 239 g/mol. The molecule has 0 radical (unpaired) electrons. The van der Waals surface area contributed by atoms with Gasteiger partial charge in [0.25, 0.3) is 0 Å². The number of aliphatic hydroxyl groups excluding tert-OH is 2. The minimum absolute atomic E-state index is 0.00611. The monoisotopic (exact) mass is 252 g/mol. The minimum Gasteiger partial charge on any atom is -0.389 e. The summed E-state index contributed by atoms with van der Waals surface area (Å²) in [5.41, 5.74) is 0. The summed E-state index contributed by atoms with van der Waals surface area (Å²) in [7, 11) is 1.75. The van der Waals surface area contributed by atoms with E-state index in [9.17, 15) is 14.6 Å². The van der Waals surface area contributed by atoms with Gasteiger partial charge in [0.2, 0.25) is 0 Å². The second kappa shape index (κ2) is 4.48. The molecule has 86 valence electrons. The molecule has 0 bridgehead atoms. The predicted octanol–water partition coefficient (Wildman–Crippen LogP) is -0.190. The standard InChI is InChI=1S/C8H13FN2O2S2/c1-10-8-11-4-6(13)5(12)3(2-9)14-7(4)15-8/h3-7,12-13H,2H2,1H3,(H,10,11)/t3-,4-,5-,6-,7-/m1/s1. The first-order valence-corrected chi connectivity index (χ1v) is 6.49. The molecule has 7 heteroatoms. The van der Waals surface area contributed by atoms with Gasteiger partial charge in [-0.05, 0) is 0 Å². The Morgan fingerprint density at radius 1 is 1.47 bits per heavy atom. The zero-order valence-electron chi connectivity index (χ0n) is 8.13. The maximum atomic E-state index is 12.6. The normalized spacial score (nSPS) is 44.8. The van der Waals surface area contributed by atoms with Gasteiger partial charge >= 0.3 is 0 Å². The van der Waals surface area contributed by atoms with Crippen molar-refractivity contribution in [1.29, 1.82) is 0 Å². The molecule has 15 heavy (non-hydrogen) atoms. The Kier molecular flexibility index (Phi) is 3.44. The van der Waals surface area contributed by atoms with E-state index in [0.717, 1.165) is 5.17 Å². The maximum absolute atomic E-state index is 12.6. The highest BCUT2D eigenvalue weighted by Gasteiger charge is 2.47. The van der Waals surface area contributed by atoms with Gasteiger partial charge < -0.3 is 15.5 Å². The van der Waals surface area contributed by atoms with Crippen LogP contribution in [-0.4, -0.2) is 57.2 Å². The fourth-order valence-electron chi connectivity index (χ4n) is 1.68. The van der Waals surface area contributed by atoms with Crippen LogP contribution in [0.4, 0.5) is 4.39 Å². The number of halogens is 1. The van der Waals surface area contributed by atoms with Gasteiger partial charge in [-0.3, -0.25) is 4.99 Å². The van der Waals surface area contributed by atoms with Crippen molar-refractivity contribution in [2.75, 3.05) is 13.7 Å². The molecule has 2 rings (SSSR count). The smallest absolute Gasteiger partial charge is 0.157 e. The van der Waals surface area contributed by atoms with E-state index in [-0.39, 0.29) is 10.6 Å². The van der Waals surface area contributed by atoms with Crippen LogP contribution in [0.15, 0.2) is 4.99 Å². The maximum Gasteiger partial charge on any atom is 0.157 e. The molecule has 0 saturated carbocycles. The molecule has 1 fully saturated rings. The summed E-state index contributed by atoms with van der Waals surface area (Å²) < 4.78 is 12.6. The SMILES string of the molecule is CNC1=N[C@H]2[C@@H](S1)S[C@H](CF)[C@@H](O)[C@@H]2O. The van der Waals surface area contributed by atoms with Crippen molar-refractivity contribution in [3.8, 4) is 0 Å². The van der Waals surface area contributed by atoms with Gasteiger partial charge in [0.05, 0.1) is 15.9 Å². The summed E-state index contributed by atoms with van der Waals surface area (Å²) in [6, 6.07) is -0.333. The molecule has 1 saturated heterocycles.